The quantitative estimate of drug-likeness (QED) is 0.897. The number of carboxylic acid groups (broad SMARTS) is 1. The monoisotopic (exact) mass is 280 g/mol. The van der Waals surface area contributed by atoms with Crippen LogP contribution in [0.3, 0.4) is 0 Å². The molecular weight excluding hydrogens is 268 g/mol. The summed E-state index contributed by atoms with van der Waals surface area (Å²) in [5.41, 5.74) is 0.610. The van der Waals surface area contributed by atoms with Gasteiger partial charge in [-0.2, -0.15) is 0 Å². The fourth-order valence-corrected chi connectivity index (χ4v) is 2.27. The maximum Gasteiger partial charge on any atom is 0.323 e. The lowest BCUT2D eigenvalue weighted by Crippen LogP contribution is -2.33. The Morgan fingerprint density at radius 2 is 2.32 bits per heavy atom. The largest absolute Gasteiger partial charge is 0.480 e. The molecule has 1 N–H and O–H groups in total. The van der Waals surface area contributed by atoms with Gasteiger partial charge < -0.3 is 14.4 Å². The van der Waals surface area contributed by atoms with Gasteiger partial charge in [-0.1, -0.05) is 0 Å². The van der Waals surface area contributed by atoms with Crippen molar-refractivity contribution >= 4 is 23.2 Å². The third-order valence-electron chi connectivity index (χ3n) is 2.41. The van der Waals surface area contributed by atoms with Crippen LogP contribution in [0.4, 0.5) is 0 Å². The van der Waals surface area contributed by atoms with E-state index in [4.69, 9.17) is 9.52 Å². The molecule has 0 aliphatic rings. The molecule has 0 spiro atoms. The van der Waals surface area contributed by atoms with Crippen molar-refractivity contribution in [3.63, 3.8) is 0 Å². The molecule has 19 heavy (non-hydrogen) atoms. The van der Waals surface area contributed by atoms with Gasteiger partial charge in [0.25, 0.3) is 0 Å². The number of furan rings is 1. The van der Waals surface area contributed by atoms with Crippen LogP contribution in [0, 0.1) is 0 Å². The molecule has 2 heterocycles. The van der Waals surface area contributed by atoms with Crippen LogP contribution in [0.2, 0.25) is 0 Å². The van der Waals surface area contributed by atoms with E-state index in [1.807, 2.05) is 0 Å². The number of thiazole rings is 1. The molecule has 0 atom stereocenters. The standard InChI is InChI=1S/C12H12N2O4S/c1-14(6-11(16)17)10(15)5-8-7-19-12(13-8)9-3-2-4-18-9/h2-4,7H,5-6H2,1H3,(H,16,17). The summed E-state index contributed by atoms with van der Waals surface area (Å²) in [7, 11) is 1.45. The third-order valence-corrected chi connectivity index (χ3v) is 3.32. The van der Waals surface area contributed by atoms with Gasteiger partial charge in [0.05, 0.1) is 18.4 Å². The first-order valence-corrected chi connectivity index (χ1v) is 6.38. The Balaban J connectivity index is 2.00. The first-order chi connectivity index (χ1) is 9.06. The number of carbonyl (C=O) groups is 2. The van der Waals surface area contributed by atoms with Crippen LogP contribution in [0.25, 0.3) is 10.8 Å². The second-order valence-electron chi connectivity index (χ2n) is 3.94. The van der Waals surface area contributed by atoms with Crippen molar-refractivity contribution in [2.75, 3.05) is 13.6 Å². The number of amides is 1. The average molecular weight is 280 g/mol. The van der Waals surface area contributed by atoms with Crippen molar-refractivity contribution in [3.8, 4) is 10.8 Å². The number of carboxylic acids is 1. The van der Waals surface area contributed by atoms with Gasteiger partial charge in [0.15, 0.2) is 10.8 Å². The van der Waals surface area contributed by atoms with E-state index in [2.05, 4.69) is 4.98 Å². The molecule has 2 aromatic rings. The predicted octanol–water partition coefficient (Wildman–Crippen LogP) is 1.49. The fraction of sp³-hybridized carbons (Fsp3) is 0.250. The Labute approximate surface area is 113 Å². The second kappa shape index (κ2) is 5.66. The molecule has 0 saturated heterocycles. The van der Waals surface area contributed by atoms with Crippen LogP contribution in [-0.2, 0) is 16.0 Å². The fourth-order valence-electron chi connectivity index (χ4n) is 1.48. The maximum absolute atomic E-state index is 11.7. The van der Waals surface area contributed by atoms with Gasteiger partial charge in [0, 0.05) is 12.4 Å². The summed E-state index contributed by atoms with van der Waals surface area (Å²) in [6, 6.07) is 3.56. The number of nitrogens with zero attached hydrogens (tertiary/aromatic N) is 2. The number of hydrogen-bond donors (Lipinski definition) is 1. The summed E-state index contributed by atoms with van der Waals surface area (Å²) in [5.74, 6) is -0.660. The highest BCUT2D eigenvalue weighted by molar-refractivity contribution is 7.13. The van der Waals surface area contributed by atoms with Crippen molar-refractivity contribution in [2.24, 2.45) is 0 Å². The van der Waals surface area contributed by atoms with Crippen molar-refractivity contribution < 1.29 is 19.1 Å². The van der Waals surface area contributed by atoms with Crippen molar-refractivity contribution in [3.05, 3.63) is 29.5 Å². The molecule has 7 heteroatoms. The smallest absolute Gasteiger partial charge is 0.323 e. The SMILES string of the molecule is CN(CC(=O)O)C(=O)Cc1csc(-c2ccco2)n1. The highest BCUT2D eigenvalue weighted by atomic mass is 32.1. The zero-order valence-electron chi connectivity index (χ0n) is 10.2. The van der Waals surface area contributed by atoms with E-state index >= 15 is 0 Å². The van der Waals surface area contributed by atoms with E-state index in [9.17, 15) is 9.59 Å². The van der Waals surface area contributed by atoms with E-state index in [1.54, 1.807) is 23.8 Å². The number of aliphatic carboxylic acids is 1. The lowest BCUT2D eigenvalue weighted by molar-refractivity contribution is -0.143. The average Bonchev–Trinajstić information content (AvgIpc) is 2.96. The molecule has 1 amide bonds. The van der Waals surface area contributed by atoms with Crippen molar-refractivity contribution in [2.45, 2.75) is 6.42 Å². The molecule has 0 aliphatic heterocycles. The molecule has 0 aliphatic carbocycles. The van der Waals surface area contributed by atoms with Gasteiger partial charge in [-0.15, -0.1) is 11.3 Å². The zero-order valence-corrected chi connectivity index (χ0v) is 11.0. The lowest BCUT2D eigenvalue weighted by atomic mass is 10.3. The number of rotatable bonds is 5. The summed E-state index contributed by atoms with van der Waals surface area (Å²) >= 11 is 1.38. The topological polar surface area (TPSA) is 83.6 Å². The first kappa shape index (κ1) is 13.3. The number of hydrogen-bond acceptors (Lipinski definition) is 5. The second-order valence-corrected chi connectivity index (χ2v) is 4.80. The van der Waals surface area contributed by atoms with E-state index in [0.717, 1.165) is 4.90 Å². The van der Waals surface area contributed by atoms with Gasteiger partial charge in [-0.25, -0.2) is 4.98 Å². The minimum Gasteiger partial charge on any atom is -0.480 e. The highest BCUT2D eigenvalue weighted by Gasteiger charge is 2.15. The van der Waals surface area contributed by atoms with Crippen LogP contribution < -0.4 is 0 Å². The van der Waals surface area contributed by atoms with E-state index in [-0.39, 0.29) is 18.9 Å². The number of aromatic nitrogens is 1. The van der Waals surface area contributed by atoms with Crippen LogP contribution in [0.15, 0.2) is 28.2 Å². The molecule has 0 fully saturated rings. The van der Waals surface area contributed by atoms with Crippen molar-refractivity contribution in [1.29, 1.82) is 0 Å². The molecule has 2 aromatic heterocycles. The van der Waals surface area contributed by atoms with Crippen LogP contribution in [-0.4, -0.2) is 40.5 Å². The Bertz CT molecular complexity index is 576. The van der Waals surface area contributed by atoms with Crippen LogP contribution in [0.1, 0.15) is 5.69 Å². The van der Waals surface area contributed by atoms with Gasteiger partial charge in [-0.05, 0) is 12.1 Å². The minimum atomic E-state index is -1.04. The Hall–Kier alpha value is -2.15. The van der Waals surface area contributed by atoms with Crippen molar-refractivity contribution in [1.82, 2.24) is 9.88 Å². The minimum absolute atomic E-state index is 0.0843. The molecule has 0 radical (unpaired) electrons. The van der Waals surface area contributed by atoms with Gasteiger partial charge in [-0.3, -0.25) is 9.59 Å². The van der Waals surface area contributed by atoms with Crippen LogP contribution >= 0.6 is 11.3 Å². The highest BCUT2D eigenvalue weighted by Crippen LogP contribution is 2.24. The number of likely N-dealkylation sites (N-methyl/N-ethyl adjacent to an activating group) is 1. The molecule has 2 rings (SSSR count). The molecule has 0 saturated carbocycles. The van der Waals surface area contributed by atoms with Crippen LogP contribution in [0.5, 0.6) is 0 Å². The molecular formula is C12H12N2O4S. The summed E-state index contributed by atoms with van der Waals surface area (Å²) in [6.07, 6.45) is 1.64. The Kier molecular flexibility index (Phi) is 3.96. The zero-order chi connectivity index (χ0) is 13.8. The molecule has 100 valence electrons. The Morgan fingerprint density at radius 1 is 1.53 bits per heavy atom. The maximum atomic E-state index is 11.7. The molecule has 0 aromatic carbocycles. The number of carbonyl (C=O) groups excluding carboxylic acids is 1. The molecule has 0 unspecified atom stereocenters. The lowest BCUT2D eigenvalue weighted by Gasteiger charge is -2.13. The normalized spacial score (nSPS) is 10.4. The van der Waals surface area contributed by atoms with E-state index in [1.165, 1.54) is 18.4 Å². The van der Waals surface area contributed by atoms with E-state index < -0.39 is 5.97 Å². The predicted molar refractivity (Wildman–Crippen MR) is 68.8 cm³/mol. The van der Waals surface area contributed by atoms with E-state index in [0.29, 0.717) is 16.5 Å². The van der Waals surface area contributed by atoms with Gasteiger partial charge >= 0.3 is 5.97 Å². The molecule has 6 nitrogen and oxygen atoms in total. The summed E-state index contributed by atoms with van der Waals surface area (Å²) in [6.45, 7) is -0.311. The summed E-state index contributed by atoms with van der Waals surface area (Å²) < 4.78 is 5.21. The van der Waals surface area contributed by atoms with Gasteiger partial charge in [0.2, 0.25) is 5.91 Å². The Morgan fingerprint density at radius 3 is 2.95 bits per heavy atom. The summed E-state index contributed by atoms with van der Waals surface area (Å²) in [4.78, 5) is 27.7. The van der Waals surface area contributed by atoms with Gasteiger partial charge in [0.1, 0.15) is 6.54 Å². The summed E-state index contributed by atoms with van der Waals surface area (Å²) in [5, 5.41) is 11.1. The molecule has 0 bridgehead atoms. The third kappa shape index (κ3) is 3.41. The first-order valence-electron chi connectivity index (χ1n) is 5.50.